The second-order valence-electron chi connectivity index (χ2n) is 6.68. The molecule has 0 aliphatic carbocycles. The molecule has 1 aromatic carbocycles. The Kier molecular flexibility index (Phi) is 3.54. The quantitative estimate of drug-likeness (QED) is 0.715. The maximum Gasteiger partial charge on any atom is 0.271 e. The van der Waals surface area contributed by atoms with E-state index < -0.39 is 0 Å². The van der Waals surface area contributed by atoms with Gasteiger partial charge in [0.2, 0.25) is 0 Å². The molecule has 1 aliphatic heterocycles. The van der Waals surface area contributed by atoms with Crippen molar-refractivity contribution in [1.82, 2.24) is 9.55 Å². The van der Waals surface area contributed by atoms with Gasteiger partial charge in [-0.1, -0.05) is 18.2 Å². The summed E-state index contributed by atoms with van der Waals surface area (Å²) in [6.45, 7) is 4.75. The number of rotatable bonds is 2. The van der Waals surface area contributed by atoms with E-state index in [1.54, 1.807) is 18.2 Å². The first-order chi connectivity index (χ1) is 11.4. The van der Waals surface area contributed by atoms with Crippen LogP contribution >= 0.6 is 11.3 Å². The van der Waals surface area contributed by atoms with Crippen molar-refractivity contribution in [2.24, 2.45) is 0 Å². The van der Waals surface area contributed by atoms with Gasteiger partial charge in [0.15, 0.2) is 0 Å². The van der Waals surface area contributed by atoms with Gasteiger partial charge in [0.05, 0.1) is 30.6 Å². The van der Waals surface area contributed by atoms with E-state index in [-0.39, 0.29) is 23.5 Å². The highest BCUT2D eigenvalue weighted by atomic mass is 32.1. The molecule has 0 saturated heterocycles. The molecule has 24 heavy (non-hydrogen) atoms. The first-order valence-corrected chi connectivity index (χ1v) is 8.63. The lowest BCUT2D eigenvalue weighted by molar-refractivity contribution is -0.0383. The van der Waals surface area contributed by atoms with Crippen molar-refractivity contribution in [3.8, 4) is 0 Å². The summed E-state index contributed by atoms with van der Waals surface area (Å²) < 4.78 is 21.8. The molecule has 1 aliphatic rings. The molecule has 3 heterocycles. The minimum Gasteiger partial charge on any atom is -0.370 e. The summed E-state index contributed by atoms with van der Waals surface area (Å²) >= 11 is 1.49. The van der Waals surface area contributed by atoms with Gasteiger partial charge in [-0.2, -0.15) is 0 Å². The van der Waals surface area contributed by atoms with Crippen LogP contribution < -0.4 is 5.56 Å². The summed E-state index contributed by atoms with van der Waals surface area (Å²) in [5, 5.41) is 0. The largest absolute Gasteiger partial charge is 0.370 e. The molecule has 0 spiro atoms. The summed E-state index contributed by atoms with van der Waals surface area (Å²) in [6, 6.07) is 6.48. The maximum atomic E-state index is 13.8. The van der Waals surface area contributed by atoms with Gasteiger partial charge in [0, 0.05) is 22.4 Å². The zero-order valence-electron chi connectivity index (χ0n) is 13.5. The van der Waals surface area contributed by atoms with Crippen molar-refractivity contribution in [2.45, 2.75) is 39.0 Å². The molecule has 0 radical (unpaired) electrons. The number of hydrogen-bond acceptors (Lipinski definition) is 4. The fourth-order valence-corrected chi connectivity index (χ4v) is 4.44. The number of fused-ring (bicyclic) bond motifs is 3. The van der Waals surface area contributed by atoms with Crippen LogP contribution in [0.4, 0.5) is 4.39 Å². The molecule has 3 aromatic rings. The molecule has 0 amide bonds. The molecule has 124 valence electrons. The van der Waals surface area contributed by atoms with Crippen LogP contribution in [-0.4, -0.2) is 15.2 Å². The van der Waals surface area contributed by atoms with Crippen LogP contribution in [0.1, 0.15) is 29.9 Å². The summed E-state index contributed by atoms with van der Waals surface area (Å²) in [7, 11) is 0. The number of thiophene rings is 1. The Hall–Kier alpha value is -2.05. The Bertz CT molecular complexity index is 990. The fraction of sp³-hybridized carbons (Fsp3) is 0.333. The first-order valence-electron chi connectivity index (χ1n) is 7.82. The second kappa shape index (κ2) is 5.50. The van der Waals surface area contributed by atoms with Crippen molar-refractivity contribution < 1.29 is 9.13 Å². The van der Waals surface area contributed by atoms with E-state index >= 15 is 0 Å². The number of halogens is 1. The van der Waals surface area contributed by atoms with Gasteiger partial charge < -0.3 is 4.74 Å². The second-order valence-corrected chi connectivity index (χ2v) is 7.78. The average Bonchev–Trinajstić information content (AvgIpc) is 2.89. The molecule has 4 rings (SSSR count). The van der Waals surface area contributed by atoms with Crippen molar-refractivity contribution >= 4 is 21.6 Å². The molecule has 0 fully saturated rings. The van der Waals surface area contributed by atoms with Crippen molar-refractivity contribution in [3.63, 3.8) is 0 Å². The highest BCUT2D eigenvalue weighted by molar-refractivity contribution is 7.19. The summed E-state index contributed by atoms with van der Waals surface area (Å²) in [6.07, 6.45) is 2.28. The van der Waals surface area contributed by atoms with Crippen LogP contribution in [0, 0.1) is 5.82 Å². The molecule has 0 saturated carbocycles. The lowest BCUT2D eigenvalue weighted by Crippen LogP contribution is -2.30. The van der Waals surface area contributed by atoms with Crippen LogP contribution in [0.2, 0.25) is 0 Å². The molecular formula is C18H17FN2O2S. The molecule has 0 bridgehead atoms. The Balaban J connectivity index is 1.79. The highest BCUT2D eigenvalue weighted by Gasteiger charge is 2.30. The standard InChI is InChI=1S/C18H17FN2O2S/c1-18(2)7-14-12(9-23-18)15-16(24-14)17(22)21(10-20-15)8-11-5-3-4-6-13(11)19/h3-6,10H,7-9H2,1-2H3. The third kappa shape index (κ3) is 2.56. The topological polar surface area (TPSA) is 44.1 Å². The Morgan fingerprint density at radius 3 is 2.96 bits per heavy atom. The van der Waals surface area contributed by atoms with Crippen LogP contribution in [0.25, 0.3) is 10.2 Å². The third-order valence-corrected chi connectivity index (χ3v) is 5.55. The molecular weight excluding hydrogens is 327 g/mol. The van der Waals surface area contributed by atoms with E-state index in [1.807, 2.05) is 13.8 Å². The van der Waals surface area contributed by atoms with Gasteiger partial charge in [-0.25, -0.2) is 9.37 Å². The lowest BCUT2D eigenvalue weighted by atomic mass is 9.98. The number of hydrogen-bond donors (Lipinski definition) is 0. The van der Waals surface area contributed by atoms with Gasteiger partial charge in [-0.05, 0) is 19.9 Å². The number of ether oxygens (including phenoxy) is 1. The van der Waals surface area contributed by atoms with E-state index in [2.05, 4.69) is 4.98 Å². The van der Waals surface area contributed by atoms with Gasteiger partial charge in [-0.3, -0.25) is 9.36 Å². The zero-order chi connectivity index (χ0) is 16.9. The van der Waals surface area contributed by atoms with Gasteiger partial charge in [0.25, 0.3) is 5.56 Å². The number of benzene rings is 1. The van der Waals surface area contributed by atoms with E-state index in [4.69, 9.17) is 4.74 Å². The summed E-state index contributed by atoms with van der Waals surface area (Å²) in [4.78, 5) is 18.4. The van der Waals surface area contributed by atoms with Crippen molar-refractivity contribution in [1.29, 1.82) is 0 Å². The van der Waals surface area contributed by atoms with Crippen LogP contribution in [0.3, 0.4) is 0 Å². The minimum absolute atomic E-state index is 0.125. The van der Waals surface area contributed by atoms with Gasteiger partial charge in [-0.15, -0.1) is 11.3 Å². The predicted molar refractivity (Wildman–Crippen MR) is 92.0 cm³/mol. The van der Waals surface area contributed by atoms with Crippen molar-refractivity contribution in [3.05, 3.63) is 62.8 Å². The third-order valence-electron chi connectivity index (χ3n) is 4.34. The number of nitrogens with zero attached hydrogens (tertiary/aromatic N) is 2. The molecule has 0 unspecified atom stereocenters. The normalized spacial score (nSPS) is 16.3. The lowest BCUT2D eigenvalue weighted by Gasteiger charge is -2.29. The number of aromatic nitrogens is 2. The Morgan fingerprint density at radius 1 is 1.38 bits per heavy atom. The smallest absolute Gasteiger partial charge is 0.271 e. The molecule has 2 aromatic heterocycles. The Morgan fingerprint density at radius 2 is 2.17 bits per heavy atom. The molecule has 0 atom stereocenters. The average molecular weight is 344 g/mol. The molecule has 0 N–H and O–H groups in total. The Labute approximate surface area is 142 Å². The minimum atomic E-state index is -0.315. The van der Waals surface area contributed by atoms with E-state index in [1.165, 1.54) is 28.3 Å². The first kappa shape index (κ1) is 15.5. The highest BCUT2D eigenvalue weighted by Crippen LogP contribution is 2.36. The van der Waals surface area contributed by atoms with Crippen molar-refractivity contribution in [2.75, 3.05) is 0 Å². The summed E-state index contributed by atoms with van der Waals surface area (Å²) in [5.41, 5.74) is 1.87. The van der Waals surface area contributed by atoms with Gasteiger partial charge in [0.1, 0.15) is 10.5 Å². The molecule has 6 heteroatoms. The van der Waals surface area contributed by atoms with Crippen LogP contribution in [0.5, 0.6) is 0 Å². The molecule has 4 nitrogen and oxygen atoms in total. The fourth-order valence-electron chi connectivity index (χ4n) is 3.01. The monoisotopic (exact) mass is 344 g/mol. The van der Waals surface area contributed by atoms with Gasteiger partial charge >= 0.3 is 0 Å². The van der Waals surface area contributed by atoms with Crippen LogP contribution in [-0.2, 0) is 24.3 Å². The summed E-state index contributed by atoms with van der Waals surface area (Å²) in [5.74, 6) is -0.315. The predicted octanol–water partition coefficient (Wildman–Crippen LogP) is 3.50. The zero-order valence-corrected chi connectivity index (χ0v) is 14.3. The van der Waals surface area contributed by atoms with E-state index in [0.717, 1.165) is 22.4 Å². The maximum absolute atomic E-state index is 13.8. The SMILES string of the molecule is CC1(C)Cc2sc3c(=O)n(Cc4ccccc4F)cnc3c2CO1. The van der Waals surface area contributed by atoms with E-state index in [0.29, 0.717) is 16.9 Å². The van der Waals surface area contributed by atoms with E-state index in [9.17, 15) is 9.18 Å². The van der Waals surface area contributed by atoms with Crippen LogP contribution in [0.15, 0.2) is 35.4 Å².